The molecule has 2 rings (SSSR count). The normalized spacial score (nSPS) is 11.6. The van der Waals surface area contributed by atoms with Crippen molar-refractivity contribution in [2.45, 2.75) is 22.5 Å². The average Bonchev–Trinajstić information content (AvgIpc) is 2.64. The van der Waals surface area contributed by atoms with E-state index in [1.54, 1.807) is 0 Å². The number of benzene rings is 2. The van der Waals surface area contributed by atoms with Gasteiger partial charge in [-0.3, -0.25) is 9.59 Å². The highest BCUT2D eigenvalue weighted by molar-refractivity contribution is 7.99. The predicted molar refractivity (Wildman–Crippen MR) is 113 cm³/mol. The molecule has 0 saturated carbocycles. The number of nitrogens with one attached hydrogen (secondary N) is 2. The summed E-state index contributed by atoms with van der Waals surface area (Å²) in [4.78, 5) is 23.3. The van der Waals surface area contributed by atoms with Gasteiger partial charge < -0.3 is 10.6 Å². The van der Waals surface area contributed by atoms with Crippen LogP contribution in [0, 0.1) is 0 Å². The number of sulfonamides is 1. The lowest BCUT2D eigenvalue weighted by Gasteiger charge is -2.18. The molecule has 12 heteroatoms. The molecule has 7 nitrogen and oxygen atoms in total. The van der Waals surface area contributed by atoms with Gasteiger partial charge in [-0.25, -0.2) is 8.42 Å². The maximum Gasteiger partial charge on any atom is 0.289 e. The van der Waals surface area contributed by atoms with Gasteiger partial charge in [-0.1, -0.05) is 29.4 Å². The van der Waals surface area contributed by atoms with Gasteiger partial charge in [0.25, 0.3) is 5.76 Å². The fourth-order valence-corrected chi connectivity index (χ4v) is 4.43. The number of rotatable bonds is 8. The molecule has 0 aliphatic carbocycles. The monoisotopic (exact) mass is 477 g/mol. The van der Waals surface area contributed by atoms with Crippen LogP contribution in [0.1, 0.15) is 6.92 Å². The highest BCUT2D eigenvalue weighted by atomic mass is 35.5. The number of thioether (sulfide) groups is 1. The minimum absolute atomic E-state index is 0.0124. The second-order valence-electron chi connectivity index (χ2n) is 6.01. The zero-order valence-electron chi connectivity index (χ0n) is 15.9. The lowest BCUT2D eigenvalue weighted by atomic mass is 10.3. The third kappa shape index (κ3) is 6.39. The largest absolute Gasteiger partial charge is 0.326 e. The smallest absolute Gasteiger partial charge is 0.289 e. The minimum atomic E-state index is -4.00. The molecule has 2 aromatic carbocycles. The molecule has 0 heterocycles. The van der Waals surface area contributed by atoms with Crippen molar-refractivity contribution in [1.29, 1.82) is 0 Å². The molecule has 2 amide bonds. The lowest BCUT2D eigenvalue weighted by Crippen LogP contribution is -2.35. The number of nitrogens with zero attached hydrogens (tertiary/aromatic N) is 1. The van der Waals surface area contributed by atoms with Gasteiger partial charge in [-0.05, 0) is 36.4 Å². The molecule has 30 heavy (non-hydrogen) atoms. The Bertz CT molecular complexity index is 1030. The lowest BCUT2D eigenvalue weighted by molar-refractivity contribution is -0.116. The maximum absolute atomic E-state index is 12.8. The quantitative estimate of drug-likeness (QED) is 0.563. The number of anilines is 2. The Morgan fingerprint density at radius 3 is 2.33 bits per heavy atom. The van der Waals surface area contributed by atoms with Gasteiger partial charge in [0.1, 0.15) is 0 Å². The number of carbonyl (C=O) groups is 2. The SMILES string of the molecule is CC(=O)Nc1ccc(S(=O)(=O)N(C)CC(=O)Nc2cccc(Cl)c2SC(F)F)cc1. The molecule has 2 aromatic rings. The summed E-state index contributed by atoms with van der Waals surface area (Å²) >= 11 is 6.10. The van der Waals surface area contributed by atoms with Crippen molar-refractivity contribution < 1.29 is 26.8 Å². The van der Waals surface area contributed by atoms with Crippen LogP contribution in [0.3, 0.4) is 0 Å². The van der Waals surface area contributed by atoms with E-state index in [9.17, 15) is 26.8 Å². The summed E-state index contributed by atoms with van der Waals surface area (Å²) < 4.78 is 51.6. The molecule has 0 aromatic heterocycles. The molecule has 0 spiro atoms. The number of amides is 2. The van der Waals surface area contributed by atoms with Gasteiger partial charge in [-0.15, -0.1) is 0 Å². The van der Waals surface area contributed by atoms with E-state index in [4.69, 9.17) is 11.6 Å². The standard InChI is InChI=1S/C18H18ClF2N3O4S2/c1-11(25)22-12-6-8-13(9-7-12)30(27,28)24(2)10-16(26)23-15-5-3-4-14(19)17(15)29-18(20)21/h3-9,18H,10H2,1-2H3,(H,22,25)(H,23,26). The van der Waals surface area contributed by atoms with Crippen LogP contribution < -0.4 is 10.6 Å². The van der Waals surface area contributed by atoms with Crippen LogP contribution in [-0.2, 0) is 19.6 Å². The molecule has 0 fully saturated rings. The number of hydrogen-bond donors (Lipinski definition) is 2. The zero-order chi connectivity index (χ0) is 22.5. The Morgan fingerprint density at radius 1 is 1.13 bits per heavy atom. The van der Waals surface area contributed by atoms with Crippen molar-refractivity contribution >= 4 is 56.6 Å². The fourth-order valence-electron chi connectivity index (χ4n) is 2.39. The van der Waals surface area contributed by atoms with Gasteiger partial charge in [-0.2, -0.15) is 13.1 Å². The van der Waals surface area contributed by atoms with Crippen molar-refractivity contribution in [2.75, 3.05) is 24.2 Å². The van der Waals surface area contributed by atoms with Crippen molar-refractivity contribution in [2.24, 2.45) is 0 Å². The highest BCUT2D eigenvalue weighted by Gasteiger charge is 2.24. The van der Waals surface area contributed by atoms with E-state index in [0.717, 1.165) is 4.31 Å². The number of likely N-dealkylation sites (N-methyl/N-ethyl adjacent to an activating group) is 1. The molecule has 162 valence electrons. The highest BCUT2D eigenvalue weighted by Crippen LogP contribution is 2.37. The van der Waals surface area contributed by atoms with Gasteiger partial charge in [0.15, 0.2) is 0 Å². The second kappa shape index (κ2) is 10.2. The fraction of sp³-hybridized carbons (Fsp3) is 0.222. The molecule has 2 N–H and O–H groups in total. The molecule has 0 saturated heterocycles. The molecular formula is C18H18ClF2N3O4S2. The average molecular weight is 478 g/mol. The molecule has 0 atom stereocenters. The van der Waals surface area contributed by atoms with Gasteiger partial charge in [0.2, 0.25) is 21.8 Å². The van der Waals surface area contributed by atoms with E-state index in [0.29, 0.717) is 5.69 Å². The maximum atomic E-state index is 12.8. The first-order valence-electron chi connectivity index (χ1n) is 8.38. The summed E-state index contributed by atoms with van der Waals surface area (Å²) in [5.41, 5.74) is 0.482. The summed E-state index contributed by atoms with van der Waals surface area (Å²) in [6.07, 6.45) is 0. The van der Waals surface area contributed by atoms with Crippen LogP contribution in [0.4, 0.5) is 20.2 Å². The van der Waals surface area contributed by atoms with E-state index >= 15 is 0 Å². The topological polar surface area (TPSA) is 95.6 Å². The van der Waals surface area contributed by atoms with Crippen LogP contribution in [0.5, 0.6) is 0 Å². The number of hydrogen-bond acceptors (Lipinski definition) is 5. The Balaban J connectivity index is 2.12. The molecule has 0 aliphatic rings. The Labute approximate surface area is 181 Å². The molecular weight excluding hydrogens is 460 g/mol. The first kappa shape index (κ1) is 24.1. The van der Waals surface area contributed by atoms with Crippen LogP contribution in [0.15, 0.2) is 52.3 Å². The van der Waals surface area contributed by atoms with E-state index in [2.05, 4.69) is 10.6 Å². The molecule has 0 unspecified atom stereocenters. The minimum Gasteiger partial charge on any atom is -0.326 e. The third-order valence-electron chi connectivity index (χ3n) is 3.70. The van der Waals surface area contributed by atoms with Crippen molar-refractivity contribution in [1.82, 2.24) is 4.31 Å². The van der Waals surface area contributed by atoms with Crippen LogP contribution in [0.2, 0.25) is 5.02 Å². The molecule has 0 bridgehead atoms. The molecule has 0 aliphatic heterocycles. The number of halogens is 3. The van der Waals surface area contributed by atoms with Crippen LogP contribution in [0.25, 0.3) is 0 Å². The Kier molecular flexibility index (Phi) is 8.18. The van der Waals surface area contributed by atoms with E-state index in [1.165, 1.54) is 56.4 Å². The Morgan fingerprint density at radius 2 is 1.77 bits per heavy atom. The third-order valence-corrected chi connectivity index (χ3v) is 6.80. The first-order chi connectivity index (χ1) is 14.0. The number of alkyl halides is 2. The van der Waals surface area contributed by atoms with Gasteiger partial charge >= 0.3 is 0 Å². The zero-order valence-corrected chi connectivity index (χ0v) is 18.2. The van der Waals surface area contributed by atoms with Crippen molar-refractivity contribution in [3.05, 3.63) is 47.5 Å². The van der Waals surface area contributed by atoms with E-state index < -0.39 is 28.2 Å². The van der Waals surface area contributed by atoms with Crippen molar-refractivity contribution in [3.63, 3.8) is 0 Å². The van der Waals surface area contributed by atoms with E-state index in [1.807, 2.05) is 0 Å². The van der Waals surface area contributed by atoms with Crippen LogP contribution >= 0.6 is 23.4 Å². The van der Waals surface area contributed by atoms with Gasteiger partial charge in [0, 0.05) is 19.7 Å². The summed E-state index contributed by atoms with van der Waals surface area (Å²) in [5, 5.41) is 4.97. The summed E-state index contributed by atoms with van der Waals surface area (Å²) in [5.74, 6) is -3.77. The van der Waals surface area contributed by atoms with Crippen molar-refractivity contribution in [3.8, 4) is 0 Å². The first-order valence-corrected chi connectivity index (χ1v) is 11.1. The second-order valence-corrected chi connectivity index (χ2v) is 9.46. The summed E-state index contributed by atoms with van der Waals surface area (Å²) in [7, 11) is -2.79. The Hall–Kier alpha value is -2.21. The van der Waals surface area contributed by atoms with Crippen LogP contribution in [-0.4, -0.2) is 43.9 Å². The number of carbonyl (C=O) groups excluding carboxylic acids is 2. The van der Waals surface area contributed by atoms with E-state index in [-0.39, 0.29) is 38.2 Å². The van der Waals surface area contributed by atoms with Gasteiger partial charge in [0.05, 0.1) is 27.0 Å². The predicted octanol–water partition coefficient (Wildman–Crippen LogP) is 3.87. The summed E-state index contributed by atoms with van der Waals surface area (Å²) in [6.45, 7) is 0.767. The summed E-state index contributed by atoms with van der Waals surface area (Å²) in [6, 6.07) is 9.70. The molecule has 0 radical (unpaired) electrons.